The molecule has 0 aliphatic carbocycles. The van der Waals surface area contributed by atoms with Crippen LogP contribution in [0.4, 0.5) is 10.2 Å². The summed E-state index contributed by atoms with van der Waals surface area (Å²) in [6, 6.07) is 3.97. The second-order valence-electron chi connectivity index (χ2n) is 3.96. The summed E-state index contributed by atoms with van der Waals surface area (Å²) in [5.41, 5.74) is 5.51. The quantitative estimate of drug-likeness (QED) is 0.831. The average molecular weight is 287 g/mol. The fourth-order valence-corrected chi connectivity index (χ4v) is 1.72. The molecule has 0 fully saturated rings. The number of aromatic carboxylic acids is 1. The minimum Gasteiger partial charge on any atom is -0.491 e. The van der Waals surface area contributed by atoms with E-state index in [0.29, 0.717) is 5.56 Å². The summed E-state index contributed by atoms with van der Waals surface area (Å²) in [5, 5.41) is 9.10. The zero-order valence-electron chi connectivity index (χ0n) is 10.9. The molecular weight excluding hydrogens is 277 g/mol. The van der Waals surface area contributed by atoms with Crippen LogP contribution >= 0.6 is 0 Å². The molecule has 21 heavy (non-hydrogen) atoms. The summed E-state index contributed by atoms with van der Waals surface area (Å²) >= 11 is 0. The molecule has 0 aliphatic heterocycles. The SMILES string of the molecule is C#Cc1ccc(-c2nc(N)c(OC)c(C(=O)O)n2)c(F)c1. The lowest BCUT2D eigenvalue weighted by atomic mass is 10.1. The van der Waals surface area contributed by atoms with E-state index in [-0.39, 0.29) is 23.0 Å². The highest BCUT2D eigenvalue weighted by Gasteiger charge is 2.21. The van der Waals surface area contributed by atoms with Crippen LogP contribution in [0.15, 0.2) is 18.2 Å². The average Bonchev–Trinajstić information content (AvgIpc) is 2.46. The number of carbonyl (C=O) groups is 1. The predicted octanol–water partition coefficient (Wildman–Crippen LogP) is 1.55. The molecule has 1 aromatic carbocycles. The Morgan fingerprint density at radius 1 is 1.48 bits per heavy atom. The van der Waals surface area contributed by atoms with Crippen LogP contribution in [0.1, 0.15) is 16.1 Å². The van der Waals surface area contributed by atoms with Crippen molar-refractivity contribution in [2.24, 2.45) is 0 Å². The van der Waals surface area contributed by atoms with E-state index >= 15 is 0 Å². The lowest BCUT2D eigenvalue weighted by Crippen LogP contribution is -2.10. The van der Waals surface area contributed by atoms with Crippen LogP contribution in [0.2, 0.25) is 0 Å². The molecule has 2 rings (SSSR count). The first kappa shape index (κ1) is 14.3. The van der Waals surface area contributed by atoms with E-state index < -0.39 is 17.5 Å². The van der Waals surface area contributed by atoms with Crippen molar-refractivity contribution in [1.29, 1.82) is 0 Å². The molecule has 0 unspecified atom stereocenters. The molecule has 7 heteroatoms. The largest absolute Gasteiger partial charge is 0.491 e. The van der Waals surface area contributed by atoms with E-state index in [4.69, 9.17) is 22.0 Å². The first-order chi connectivity index (χ1) is 9.97. The van der Waals surface area contributed by atoms with Crippen LogP contribution in [0.3, 0.4) is 0 Å². The predicted molar refractivity (Wildman–Crippen MR) is 73.3 cm³/mol. The van der Waals surface area contributed by atoms with Crippen LogP contribution in [0, 0.1) is 18.2 Å². The molecule has 1 aromatic heterocycles. The minimum absolute atomic E-state index is 0.00847. The maximum Gasteiger partial charge on any atom is 0.358 e. The number of benzene rings is 1. The number of nitrogens with two attached hydrogens (primary N) is 1. The first-order valence-corrected chi connectivity index (χ1v) is 5.69. The molecule has 0 saturated carbocycles. The Bertz CT molecular complexity index is 769. The Labute approximate surface area is 119 Å². The van der Waals surface area contributed by atoms with E-state index in [0.717, 1.165) is 6.07 Å². The van der Waals surface area contributed by atoms with E-state index in [1.807, 2.05) is 0 Å². The number of hydrogen-bond donors (Lipinski definition) is 2. The van der Waals surface area contributed by atoms with Gasteiger partial charge in [-0.15, -0.1) is 6.42 Å². The topological polar surface area (TPSA) is 98.3 Å². The number of nitrogens with zero attached hydrogens (tertiary/aromatic N) is 2. The number of ether oxygens (including phenoxy) is 1. The second-order valence-corrected chi connectivity index (χ2v) is 3.96. The Morgan fingerprint density at radius 2 is 2.19 bits per heavy atom. The molecule has 2 aromatic rings. The third kappa shape index (κ3) is 2.60. The standard InChI is InChI=1S/C14H10FN3O3/c1-3-7-4-5-8(9(15)6-7)13-17-10(14(19)20)11(21-2)12(16)18-13/h1,4-6H,2H3,(H,19,20)(H2,16,17,18). The third-order valence-electron chi connectivity index (χ3n) is 2.68. The Morgan fingerprint density at radius 3 is 2.71 bits per heavy atom. The highest BCUT2D eigenvalue weighted by Crippen LogP contribution is 2.28. The molecule has 106 valence electrons. The lowest BCUT2D eigenvalue weighted by Gasteiger charge is -2.09. The number of carboxylic acid groups (broad SMARTS) is 1. The number of terminal acetylenes is 1. The van der Waals surface area contributed by atoms with Gasteiger partial charge >= 0.3 is 5.97 Å². The van der Waals surface area contributed by atoms with E-state index in [1.54, 1.807) is 0 Å². The number of rotatable bonds is 3. The molecule has 0 radical (unpaired) electrons. The van der Waals surface area contributed by atoms with Crippen molar-refractivity contribution in [2.45, 2.75) is 0 Å². The lowest BCUT2D eigenvalue weighted by molar-refractivity contribution is 0.0686. The summed E-state index contributed by atoms with van der Waals surface area (Å²) < 4.78 is 18.8. The molecule has 0 bridgehead atoms. The van der Waals surface area contributed by atoms with Crippen LogP contribution in [-0.4, -0.2) is 28.2 Å². The van der Waals surface area contributed by atoms with Crippen molar-refractivity contribution in [1.82, 2.24) is 9.97 Å². The molecule has 1 heterocycles. The van der Waals surface area contributed by atoms with Gasteiger partial charge in [0.1, 0.15) is 5.82 Å². The van der Waals surface area contributed by atoms with Gasteiger partial charge in [-0.1, -0.05) is 5.92 Å². The van der Waals surface area contributed by atoms with Gasteiger partial charge in [0.15, 0.2) is 23.1 Å². The van der Waals surface area contributed by atoms with Crippen LogP contribution in [0.25, 0.3) is 11.4 Å². The smallest absolute Gasteiger partial charge is 0.358 e. The molecule has 0 aliphatic rings. The maximum atomic E-state index is 14.0. The molecule has 0 amide bonds. The van der Waals surface area contributed by atoms with E-state index in [9.17, 15) is 9.18 Å². The van der Waals surface area contributed by atoms with Crippen molar-refractivity contribution in [2.75, 3.05) is 12.8 Å². The highest BCUT2D eigenvalue weighted by molar-refractivity contribution is 5.91. The summed E-state index contributed by atoms with van der Waals surface area (Å²) in [6.07, 6.45) is 5.17. The molecule has 6 nitrogen and oxygen atoms in total. The van der Waals surface area contributed by atoms with Gasteiger partial charge in [0.25, 0.3) is 0 Å². The zero-order chi connectivity index (χ0) is 15.6. The summed E-state index contributed by atoms with van der Waals surface area (Å²) in [6.45, 7) is 0. The summed E-state index contributed by atoms with van der Waals surface area (Å²) in [7, 11) is 1.24. The molecule has 0 saturated heterocycles. The normalized spacial score (nSPS) is 9.95. The van der Waals surface area contributed by atoms with Gasteiger partial charge in [0.2, 0.25) is 0 Å². The molecule has 0 spiro atoms. The van der Waals surface area contributed by atoms with Gasteiger partial charge in [0.05, 0.1) is 12.7 Å². The number of aromatic nitrogens is 2. The monoisotopic (exact) mass is 287 g/mol. The number of hydrogen-bond acceptors (Lipinski definition) is 5. The van der Waals surface area contributed by atoms with Crippen molar-refractivity contribution in [3.05, 3.63) is 35.3 Å². The van der Waals surface area contributed by atoms with Gasteiger partial charge in [-0.2, -0.15) is 0 Å². The summed E-state index contributed by atoms with van der Waals surface area (Å²) in [4.78, 5) is 18.8. The van der Waals surface area contributed by atoms with Crippen LogP contribution in [-0.2, 0) is 0 Å². The number of carboxylic acids is 1. The van der Waals surface area contributed by atoms with Crippen molar-refractivity contribution < 1.29 is 19.0 Å². The van der Waals surface area contributed by atoms with Crippen molar-refractivity contribution in [3.8, 4) is 29.5 Å². The van der Waals surface area contributed by atoms with E-state index in [1.165, 1.54) is 19.2 Å². The molecule has 3 N–H and O–H groups in total. The van der Waals surface area contributed by atoms with Gasteiger partial charge < -0.3 is 15.6 Å². The van der Waals surface area contributed by atoms with E-state index in [2.05, 4.69) is 15.9 Å². The minimum atomic E-state index is -1.36. The van der Waals surface area contributed by atoms with Gasteiger partial charge in [-0.05, 0) is 18.2 Å². The Kier molecular flexibility index (Phi) is 3.71. The zero-order valence-corrected chi connectivity index (χ0v) is 10.9. The van der Waals surface area contributed by atoms with Crippen molar-refractivity contribution in [3.63, 3.8) is 0 Å². The van der Waals surface area contributed by atoms with Gasteiger partial charge in [-0.25, -0.2) is 19.2 Å². The Hall–Kier alpha value is -3.14. The Balaban J connectivity index is 2.66. The van der Waals surface area contributed by atoms with Gasteiger partial charge in [-0.3, -0.25) is 0 Å². The number of anilines is 1. The van der Waals surface area contributed by atoms with Gasteiger partial charge in [0, 0.05) is 5.56 Å². The summed E-state index contributed by atoms with van der Waals surface area (Å²) in [5.74, 6) is -0.276. The fraction of sp³-hybridized carbons (Fsp3) is 0.0714. The maximum absolute atomic E-state index is 14.0. The van der Waals surface area contributed by atoms with Crippen LogP contribution < -0.4 is 10.5 Å². The highest BCUT2D eigenvalue weighted by atomic mass is 19.1. The third-order valence-corrected chi connectivity index (χ3v) is 2.68. The van der Waals surface area contributed by atoms with Crippen molar-refractivity contribution >= 4 is 11.8 Å². The second kappa shape index (κ2) is 5.46. The first-order valence-electron chi connectivity index (χ1n) is 5.69. The number of nitrogen functional groups attached to an aromatic ring is 1. The fourth-order valence-electron chi connectivity index (χ4n) is 1.72. The van der Waals surface area contributed by atoms with Crippen LogP contribution in [0.5, 0.6) is 5.75 Å². The number of methoxy groups -OCH3 is 1. The molecular formula is C14H10FN3O3. The molecule has 0 atom stereocenters. The number of halogens is 1.